The Kier molecular flexibility index (Phi) is 8.44. The summed E-state index contributed by atoms with van der Waals surface area (Å²) in [4.78, 5) is 11.4. The second-order valence-electron chi connectivity index (χ2n) is 5.40. The predicted molar refractivity (Wildman–Crippen MR) is 69.9 cm³/mol. The first-order chi connectivity index (χ1) is 7.88. The predicted octanol–water partition coefficient (Wildman–Crippen LogP) is 2.83. The molecule has 0 aliphatic rings. The molecule has 0 saturated heterocycles. The van der Waals surface area contributed by atoms with Gasteiger partial charge in [0.25, 0.3) is 0 Å². The monoisotopic (exact) mass is 244 g/mol. The minimum Gasteiger partial charge on any atom is -0.393 e. The Morgan fingerprint density at radius 2 is 1.65 bits per heavy atom. The molecule has 0 aliphatic heterocycles. The molecule has 0 heterocycles. The average Bonchev–Trinajstić information content (AvgIpc) is 2.21. The Hall–Kier alpha value is -0.410. The minimum atomic E-state index is -1.32. The van der Waals surface area contributed by atoms with E-state index in [0.29, 0.717) is 6.42 Å². The van der Waals surface area contributed by atoms with Crippen LogP contribution in [0.3, 0.4) is 0 Å². The smallest absolute Gasteiger partial charge is 0.166 e. The van der Waals surface area contributed by atoms with Crippen molar-refractivity contribution in [2.45, 2.75) is 83.8 Å². The number of carbonyl (C=O) groups is 1. The summed E-state index contributed by atoms with van der Waals surface area (Å²) in [6.07, 6.45) is 7.20. The molecule has 1 unspecified atom stereocenters. The highest BCUT2D eigenvalue weighted by Gasteiger charge is 2.25. The molecule has 3 heteroatoms. The molecule has 0 aromatic carbocycles. The molecule has 0 aliphatic carbocycles. The van der Waals surface area contributed by atoms with Crippen LogP contribution in [0.5, 0.6) is 0 Å². The molecule has 102 valence electrons. The zero-order valence-corrected chi connectivity index (χ0v) is 11.5. The van der Waals surface area contributed by atoms with Crippen LogP contribution in [-0.4, -0.2) is 27.7 Å². The molecule has 2 N–H and O–H groups in total. The van der Waals surface area contributed by atoms with Gasteiger partial charge in [0.1, 0.15) is 5.60 Å². The maximum atomic E-state index is 11.4. The number of hydrogen-bond donors (Lipinski definition) is 2. The molecule has 0 amide bonds. The van der Waals surface area contributed by atoms with E-state index in [0.717, 1.165) is 12.8 Å². The molecule has 0 fully saturated rings. The molecule has 1 atom stereocenters. The first-order valence-corrected chi connectivity index (χ1v) is 6.81. The van der Waals surface area contributed by atoms with E-state index in [4.69, 9.17) is 0 Å². The van der Waals surface area contributed by atoms with Crippen molar-refractivity contribution in [3.05, 3.63) is 0 Å². The number of unbranched alkanes of at least 4 members (excludes halogenated alkanes) is 5. The first kappa shape index (κ1) is 16.6. The quantitative estimate of drug-likeness (QED) is 0.581. The molecule has 0 spiro atoms. The van der Waals surface area contributed by atoms with E-state index in [1.807, 2.05) is 0 Å². The summed E-state index contributed by atoms with van der Waals surface area (Å²) in [6, 6.07) is 0. The van der Waals surface area contributed by atoms with Gasteiger partial charge < -0.3 is 10.2 Å². The van der Waals surface area contributed by atoms with Gasteiger partial charge in [-0.05, 0) is 20.3 Å². The number of carbonyl (C=O) groups excluding carboxylic acids is 1. The van der Waals surface area contributed by atoms with Gasteiger partial charge in [-0.1, -0.05) is 45.4 Å². The van der Waals surface area contributed by atoms with Crippen LogP contribution in [0.4, 0.5) is 0 Å². The van der Waals surface area contributed by atoms with E-state index in [9.17, 15) is 15.0 Å². The van der Waals surface area contributed by atoms with E-state index in [1.54, 1.807) is 0 Å². The number of rotatable bonds is 10. The van der Waals surface area contributed by atoms with E-state index >= 15 is 0 Å². The Morgan fingerprint density at radius 3 is 2.18 bits per heavy atom. The summed E-state index contributed by atoms with van der Waals surface area (Å²) in [6.45, 7) is 5.12. The lowest BCUT2D eigenvalue weighted by Gasteiger charge is -2.18. The van der Waals surface area contributed by atoms with E-state index in [1.165, 1.54) is 39.5 Å². The molecule has 0 rings (SSSR count). The molecule has 0 radical (unpaired) electrons. The van der Waals surface area contributed by atoms with Crippen molar-refractivity contribution < 1.29 is 15.0 Å². The SMILES string of the molecule is CCCCCCCCC(O)CC(=O)C(C)(C)O. The summed E-state index contributed by atoms with van der Waals surface area (Å²) >= 11 is 0. The highest BCUT2D eigenvalue weighted by Crippen LogP contribution is 2.13. The summed E-state index contributed by atoms with van der Waals surface area (Å²) in [5.74, 6) is -0.281. The van der Waals surface area contributed by atoms with Crippen molar-refractivity contribution in [2.24, 2.45) is 0 Å². The van der Waals surface area contributed by atoms with Gasteiger partial charge in [0.15, 0.2) is 5.78 Å². The van der Waals surface area contributed by atoms with Gasteiger partial charge in [-0.3, -0.25) is 4.79 Å². The van der Waals surface area contributed by atoms with Gasteiger partial charge in [-0.2, -0.15) is 0 Å². The molecular weight excluding hydrogens is 216 g/mol. The third-order valence-corrected chi connectivity index (χ3v) is 2.99. The Bertz CT molecular complexity index is 206. The van der Waals surface area contributed by atoms with Crippen LogP contribution in [0.15, 0.2) is 0 Å². The summed E-state index contributed by atoms with van der Waals surface area (Å²) in [7, 11) is 0. The zero-order chi connectivity index (χ0) is 13.3. The Balaban J connectivity index is 3.53. The lowest BCUT2D eigenvalue weighted by molar-refractivity contribution is -0.136. The van der Waals surface area contributed by atoms with Gasteiger partial charge in [0.2, 0.25) is 0 Å². The minimum absolute atomic E-state index is 0.0679. The second-order valence-corrected chi connectivity index (χ2v) is 5.40. The maximum absolute atomic E-state index is 11.4. The summed E-state index contributed by atoms with van der Waals surface area (Å²) in [5, 5.41) is 19.1. The van der Waals surface area contributed by atoms with Crippen LogP contribution in [0.2, 0.25) is 0 Å². The lowest BCUT2D eigenvalue weighted by Crippen LogP contribution is -2.33. The fraction of sp³-hybridized carbons (Fsp3) is 0.929. The summed E-state index contributed by atoms with van der Waals surface area (Å²) in [5.41, 5.74) is -1.32. The van der Waals surface area contributed by atoms with Crippen LogP contribution < -0.4 is 0 Å². The lowest BCUT2D eigenvalue weighted by atomic mass is 9.96. The summed E-state index contributed by atoms with van der Waals surface area (Å²) < 4.78 is 0. The Labute approximate surface area is 105 Å². The van der Waals surface area contributed by atoms with Gasteiger partial charge in [0.05, 0.1) is 6.10 Å². The van der Waals surface area contributed by atoms with Crippen LogP contribution in [0.25, 0.3) is 0 Å². The fourth-order valence-corrected chi connectivity index (χ4v) is 1.73. The van der Waals surface area contributed by atoms with Crippen molar-refractivity contribution in [3.8, 4) is 0 Å². The van der Waals surface area contributed by atoms with Crippen LogP contribution in [0, 0.1) is 0 Å². The van der Waals surface area contributed by atoms with E-state index in [2.05, 4.69) is 6.92 Å². The number of aliphatic hydroxyl groups excluding tert-OH is 1. The number of ketones is 1. The Morgan fingerprint density at radius 1 is 1.12 bits per heavy atom. The third-order valence-electron chi connectivity index (χ3n) is 2.99. The average molecular weight is 244 g/mol. The molecule has 0 saturated carbocycles. The van der Waals surface area contributed by atoms with Crippen molar-refractivity contribution >= 4 is 5.78 Å². The van der Waals surface area contributed by atoms with Crippen molar-refractivity contribution in [3.63, 3.8) is 0 Å². The van der Waals surface area contributed by atoms with Gasteiger partial charge in [0, 0.05) is 6.42 Å². The van der Waals surface area contributed by atoms with Crippen LogP contribution >= 0.6 is 0 Å². The molecule has 3 nitrogen and oxygen atoms in total. The standard InChI is InChI=1S/C14H28O3/c1-4-5-6-7-8-9-10-12(15)11-13(16)14(2,3)17/h12,15,17H,4-11H2,1-3H3. The van der Waals surface area contributed by atoms with Crippen molar-refractivity contribution in [2.75, 3.05) is 0 Å². The van der Waals surface area contributed by atoms with Crippen LogP contribution in [-0.2, 0) is 4.79 Å². The highest BCUT2D eigenvalue weighted by molar-refractivity contribution is 5.86. The molecular formula is C14H28O3. The van der Waals surface area contributed by atoms with Crippen LogP contribution in [0.1, 0.15) is 72.1 Å². The normalized spacial score (nSPS) is 13.7. The molecule has 17 heavy (non-hydrogen) atoms. The van der Waals surface area contributed by atoms with Crippen molar-refractivity contribution in [1.29, 1.82) is 0 Å². The largest absolute Gasteiger partial charge is 0.393 e. The number of aliphatic hydroxyl groups is 2. The van der Waals surface area contributed by atoms with Crippen molar-refractivity contribution in [1.82, 2.24) is 0 Å². The van der Waals surface area contributed by atoms with Gasteiger partial charge >= 0.3 is 0 Å². The molecule has 0 bridgehead atoms. The third kappa shape index (κ3) is 9.31. The molecule has 0 aromatic heterocycles. The van der Waals surface area contributed by atoms with Gasteiger partial charge in [-0.15, -0.1) is 0 Å². The number of hydrogen-bond acceptors (Lipinski definition) is 3. The first-order valence-electron chi connectivity index (χ1n) is 6.81. The fourth-order valence-electron chi connectivity index (χ4n) is 1.73. The van der Waals surface area contributed by atoms with Gasteiger partial charge in [-0.25, -0.2) is 0 Å². The topological polar surface area (TPSA) is 57.5 Å². The highest BCUT2D eigenvalue weighted by atomic mass is 16.3. The number of Topliss-reactive ketones (excluding diaryl/α,β-unsaturated/α-hetero) is 1. The van der Waals surface area contributed by atoms with E-state index < -0.39 is 11.7 Å². The maximum Gasteiger partial charge on any atom is 0.166 e. The second kappa shape index (κ2) is 8.65. The zero-order valence-electron chi connectivity index (χ0n) is 11.5. The molecule has 0 aromatic rings. The van der Waals surface area contributed by atoms with E-state index in [-0.39, 0.29) is 12.2 Å².